The van der Waals surface area contributed by atoms with E-state index in [1.807, 2.05) is 96.4 Å². The van der Waals surface area contributed by atoms with E-state index in [0.717, 1.165) is 16.0 Å². The van der Waals surface area contributed by atoms with Gasteiger partial charge in [-0.1, -0.05) is 97.1 Å². The monoisotopic (exact) mass is 638 g/mol. The lowest BCUT2D eigenvalue weighted by Crippen LogP contribution is -2.74. The van der Waals surface area contributed by atoms with Crippen LogP contribution in [0.1, 0.15) is 40.7 Å². The van der Waals surface area contributed by atoms with Gasteiger partial charge in [-0.25, -0.2) is 4.79 Å². The second-order valence-corrected chi connectivity index (χ2v) is 12.7. The number of benzene rings is 3. The van der Waals surface area contributed by atoms with E-state index in [2.05, 4.69) is 5.32 Å². The molecule has 4 aromatic rings. The first-order valence-electron chi connectivity index (χ1n) is 14.4. The third-order valence-corrected chi connectivity index (χ3v) is 9.66. The minimum Gasteiger partial charge on any atom is -0.453 e. The van der Waals surface area contributed by atoms with Crippen LogP contribution in [0.4, 0.5) is 0 Å². The number of rotatable bonds is 10. The third-order valence-electron chi connectivity index (χ3n) is 7.60. The van der Waals surface area contributed by atoms with Crippen LogP contribution in [0.5, 0.6) is 0 Å². The molecule has 3 aromatic carbocycles. The molecule has 228 valence electrons. The molecule has 0 saturated carbocycles. The van der Waals surface area contributed by atoms with Gasteiger partial charge in [-0.2, -0.15) is 0 Å². The average Bonchev–Trinajstić information content (AvgIpc) is 3.58. The highest BCUT2D eigenvalue weighted by atomic mass is 32.2. The van der Waals surface area contributed by atoms with Gasteiger partial charge in [0, 0.05) is 17.4 Å². The smallest absolute Gasteiger partial charge is 0.334 e. The van der Waals surface area contributed by atoms with Gasteiger partial charge in [0.1, 0.15) is 11.4 Å². The standard InChI is InChI=1S/C35H30N2O6S2/c1-22(38)42-32(25-16-9-4-10-17-25)27-21-45-34-29(36-28(39)20-26-18-11-19-44-26)33(40)37(34)30(27)35(41)43-31(23-12-5-2-6-13-23)24-14-7-3-8-15-24/h2-19,21,29-32,34H,20H2,1H3,(H,36,39)/t29?,30?,32?,34-/m1/s1. The van der Waals surface area contributed by atoms with E-state index in [0.29, 0.717) is 11.1 Å². The van der Waals surface area contributed by atoms with Gasteiger partial charge in [0.15, 0.2) is 18.2 Å². The van der Waals surface area contributed by atoms with Crippen molar-refractivity contribution in [2.45, 2.75) is 43.0 Å². The van der Waals surface area contributed by atoms with Crippen LogP contribution in [0.15, 0.2) is 119 Å². The number of thiophene rings is 1. The average molecular weight is 639 g/mol. The van der Waals surface area contributed by atoms with Crippen molar-refractivity contribution >= 4 is 46.9 Å². The van der Waals surface area contributed by atoms with Crippen molar-refractivity contribution in [2.75, 3.05) is 0 Å². The summed E-state index contributed by atoms with van der Waals surface area (Å²) in [6.07, 6.45) is -1.54. The van der Waals surface area contributed by atoms with Gasteiger partial charge in [-0.3, -0.25) is 14.4 Å². The van der Waals surface area contributed by atoms with Gasteiger partial charge in [0.05, 0.1) is 6.42 Å². The van der Waals surface area contributed by atoms with E-state index in [-0.39, 0.29) is 12.3 Å². The van der Waals surface area contributed by atoms with Crippen molar-refractivity contribution in [2.24, 2.45) is 0 Å². The number of carbonyl (C=O) groups is 4. The number of thioether (sulfide) groups is 1. The molecule has 2 amide bonds. The Kier molecular flexibility index (Phi) is 9.13. The number of hydrogen-bond donors (Lipinski definition) is 1. The molecule has 1 N–H and O–H groups in total. The Hall–Kier alpha value is -4.67. The number of nitrogens with one attached hydrogen (secondary N) is 1. The summed E-state index contributed by atoms with van der Waals surface area (Å²) in [5.74, 6) is -1.90. The largest absolute Gasteiger partial charge is 0.453 e. The second kappa shape index (κ2) is 13.5. The Morgan fingerprint density at radius 3 is 1.91 bits per heavy atom. The zero-order chi connectivity index (χ0) is 31.3. The van der Waals surface area contributed by atoms with Gasteiger partial charge in [0.25, 0.3) is 0 Å². The summed E-state index contributed by atoms with van der Waals surface area (Å²) < 4.78 is 12.1. The number of nitrogens with zero attached hydrogens (tertiary/aromatic N) is 1. The summed E-state index contributed by atoms with van der Waals surface area (Å²) in [4.78, 5) is 55.6. The number of β-lactam (4-membered cyclic amide) rings is 1. The van der Waals surface area contributed by atoms with E-state index in [9.17, 15) is 19.2 Å². The lowest BCUT2D eigenvalue weighted by Gasteiger charge is -2.52. The maximum Gasteiger partial charge on any atom is 0.334 e. The first kappa shape index (κ1) is 30.4. The summed E-state index contributed by atoms with van der Waals surface area (Å²) in [6.45, 7) is 1.30. The zero-order valence-corrected chi connectivity index (χ0v) is 25.9. The first-order chi connectivity index (χ1) is 21.9. The Morgan fingerprint density at radius 1 is 0.800 bits per heavy atom. The van der Waals surface area contributed by atoms with Crippen LogP contribution >= 0.6 is 23.1 Å². The first-order valence-corrected chi connectivity index (χ1v) is 16.2. The van der Waals surface area contributed by atoms with Gasteiger partial charge in [0.2, 0.25) is 11.8 Å². The summed E-state index contributed by atoms with van der Waals surface area (Å²) in [5, 5.41) is 5.96. The number of carbonyl (C=O) groups excluding carboxylic acids is 4. The molecule has 6 rings (SSSR count). The molecule has 1 saturated heterocycles. The summed E-state index contributed by atoms with van der Waals surface area (Å²) in [5.41, 5.74) is 2.57. The molecular weight excluding hydrogens is 609 g/mol. The Morgan fingerprint density at radius 2 is 1.38 bits per heavy atom. The van der Waals surface area contributed by atoms with Crippen LogP contribution in [-0.2, 0) is 35.1 Å². The Labute approximate surface area is 269 Å². The van der Waals surface area contributed by atoms with E-state index in [4.69, 9.17) is 9.47 Å². The second-order valence-electron chi connectivity index (χ2n) is 10.6. The fraction of sp³-hybridized carbons (Fsp3) is 0.200. The minimum atomic E-state index is -1.20. The van der Waals surface area contributed by atoms with E-state index >= 15 is 0 Å². The van der Waals surface area contributed by atoms with Crippen LogP contribution in [-0.4, -0.2) is 46.1 Å². The van der Waals surface area contributed by atoms with Crippen molar-refractivity contribution in [3.63, 3.8) is 0 Å². The van der Waals surface area contributed by atoms with Gasteiger partial charge < -0.3 is 19.7 Å². The van der Waals surface area contributed by atoms with E-state index < -0.39 is 47.5 Å². The summed E-state index contributed by atoms with van der Waals surface area (Å²) in [6, 6.07) is 29.5. The predicted octanol–water partition coefficient (Wildman–Crippen LogP) is 5.58. The molecule has 10 heteroatoms. The lowest BCUT2D eigenvalue weighted by molar-refractivity contribution is -0.167. The van der Waals surface area contributed by atoms with Crippen LogP contribution in [0.25, 0.3) is 0 Å². The molecule has 4 atom stereocenters. The number of fused-ring (bicyclic) bond motifs is 1. The fourth-order valence-electron chi connectivity index (χ4n) is 5.55. The van der Waals surface area contributed by atoms with Crippen molar-refractivity contribution in [3.05, 3.63) is 141 Å². The molecule has 1 aromatic heterocycles. The Balaban J connectivity index is 1.34. The highest BCUT2D eigenvalue weighted by Gasteiger charge is 2.57. The molecule has 2 aliphatic rings. The minimum absolute atomic E-state index is 0.157. The maximum absolute atomic E-state index is 14.4. The SMILES string of the molecule is CC(=O)OC(C1=CS[C@@H]2C(NC(=O)Cc3cccs3)C(=O)N2C1C(=O)OC(c1ccccc1)c1ccccc1)c1ccccc1. The fourth-order valence-corrected chi connectivity index (χ4v) is 7.50. The number of ether oxygens (including phenoxy) is 2. The zero-order valence-electron chi connectivity index (χ0n) is 24.3. The molecule has 8 nitrogen and oxygen atoms in total. The molecule has 1 fully saturated rings. The normalized spacial score (nSPS) is 19.5. The lowest BCUT2D eigenvalue weighted by atomic mass is 9.91. The Bertz CT molecular complexity index is 1660. The molecule has 2 aliphatic heterocycles. The molecule has 0 radical (unpaired) electrons. The third kappa shape index (κ3) is 6.57. The molecule has 3 heterocycles. The highest BCUT2D eigenvalue weighted by molar-refractivity contribution is 8.03. The molecular formula is C35H30N2O6S2. The van der Waals surface area contributed by atoms with E-state index in [1.54, 1.807) is 17.5 Å². The van der Waals surface area contributed by atoms with Crippen LogP contribution in [0, 0.1) is 0 Å². The predicted molar refractivity (Wildman–Crippen MR) is 172 cm³/mol. The van der Waals surface area contributed by atoms with Crippen molar-refractivity contribution in [1.29, 1.82) is 0 Å². The van der Waals surface area contributed by atoms with E-state index in [1.165, 1.54) is 34.9 Å². The summed E-state index contributed by atoms with van der Waals surface area (Å²) >= 11 is 2.76. The van der Waals surface area contributed by atoms with Crippen molar-refractivity contribution in [1.82, 2.24) is 10.2 Å². The van der Waals surface area contributed by atoms with Crippen LogP contribution < -0.4 is 5.32 Å². The van der Waals surface area contributed by atoms with Gasteiger partial charge in [-0.15, -0.1) is 23.1 Å². The quantitative estimate of drug-likeness (QED) is 0.179. The molecule has 0 aliphatic carbocycles. The van der Waals surface area contributed by atoms with Gasteiger partial charge in [-0.05, 0) is 33.5 Å². The van der Waals surface area contributed by atoms with Gasteiger partial charge >= 0.3 is 11.9 Å². The number of amides is 2. The summed E-state index contributed by atoms with van der Waals surface area (Å²) in [7, 11) is 0. The maximum atomic E-state index is 14.4. The van der Waals surface area contributed by atoms with Crippen molar-refractivity contribution < 1.29 is 28.7 Å². The molecule has 0 spiro atoms. The van der Waals surface area contributed by atoms with Crippen LogP contribution in [0.2, 0.25) is 0 Å². The molecule has 0 bridgehead atoms. The highest BCUT2D eigenvalue weighted by Crippen LogP contribution is 2.45. The molecule has 3 unspecified atom stereocenters. The topological polar surface area (TPSA) is 102 Å². The molecule has 45 heavy (non-hydrogen) atoms. The number of esters is 2. The van der Waals surface area contributed by atoms with Crippen LogP contribution in [0.3, 0.4) is 0 Å². The number of hydrogen-bond acceptors (Lipinski definition) is 8. The van der Waals surface area contributed by atoms with Crippen molar-refractivity contribution in [3.8, 4) is 0 Å².